The molecule has 2 heterocycles. The number of nitrogens with zero attached hydrogens (tertiary/aromatic N) is 2. The number of rotatable bonds is 4. The second-order valence-corrected chi connectivity index (χ2v) is 6.02. The average molecular weight is 340 g/mol. The van der Waals surface area contributed by atoms with E-state index in [1.165, 1.54) is 6.07 Å². The molecule has 0 saturated heterocycles. The number of fused-ring (bicyclic) bond motifs is 2. The lowest BCUT2D eigenvalue weighted by Crippen LogP contribution is -2.29. The van der Waals surface area contributed by atoms with Crippen LogP contribution in [0.1, 0.15) is 17.5 Å². The fraction of sp³-hybridized carbons (Fsp3) is 0.278. The van der Waals surface area contributed by atoms with Crippen LogP contribution in [-0.4, -0.2) is 24.2 Å². The Hall–Kier alpha value is -3.09. The summed E-state index contributed by atoms with van der Waals surface area (Å²) in [5, 5.41) is 11.3. The van der Waals surface area contributed by atoms with Crippen molar-refractivity contribution in [2.75, 3.05) is 18.2 Å². The number of carbonyl (C=O) groups is 1. The average Bonchev–Trinajstić information content (AvgIpc) is 3.25. The molecule has 0 saturated carbocycles. The summed E-state index contributed by atoms with van der Waals surface area (Å²) in [6.45, 7) is 0.701. The van der Waals surface area contributed by atoms with Crippen LogP contribution in [0.4, 0.5) is 11.4 Å². The van der Waals surface area contributed by atoms with Crippen LogP contribution in [0, 0.1) is 10.1 Å². The number of nitro benzene ring substituents is 1. The van der Waals surface area contributed by atoms with Crippen molar-refractivity contribution in [1.29, 1.82) is 0 Å². The Morgan fingerprint density at radius 2 is 2.04 bits per heavy atom. The molecule has 0 bridgehead atoms. The summed E-state index contributed by atoms with van der Waals surface area (Å²) in [4.78, 5) is 25.0. The number of carbonyl (C=O) groups excluding carboxylic acids is 1. The minimum absolute atomic E-state index is 0.00794. The predicted octanol–water partition coefficient (Wildman–Crippen LogP) is 2.85. The van der Waals surface area contributed by atoms with Gasteiger partial charge in [0.2, 0.25) is 12.7 Å². The highest BCUT2D eigenvalue weighted by Gasteiger charge is 2.31. The molecule has 128 valence electrons. The molecule has 0 radical (unpaired) electrons. The lowest BCUT2D eigenvalue weighted by molar-refractivity contribution is -0.384. The highest BCUT2D eigenvalue weighted by atomic mass is 16.7. The standard InChI is InChI=1S/C18H16N2O5/c21-17(7-5-12-4-6-15-16(10-12)25-11-24-15)19-9-8-13-2-1-3-14(18(13)19)20(22)23/h1-4,6,10H,5,7-9,11H2. The second kappa shape index (κ2) is 6.08. The van der Waals surface area contributed by atoms with E-state index in [1.807, 2.05) is 24.3 Å². The molecule has 25 heavy (non-hydrogen) atoms. The van der Waals surface area contributed by atoms with Crippen LogP contribution in [0.25, 0.3) is 0 Å². The van der Waals surface area contributed by atoms with E-state index in [9.17, 15) is 14.9 Å². The molecular weight excluding hydrogens is 324 g/mol. The number of ether oxygens (including phenoxy) is 2. The molecule has 4 rings (SSSR count). The van der Waals surface area contributed by atoms with E-state index in [2.05, 4.69) is 0 Å². The second-order valence-electron chi connectivity index (χ2n) is 6.02. The molecule has 0 aromatic heterocycles. The number of hydrogen-bond donors (Lipinski definition) is 0. The van der Waals surface area contributed by atoms with Gasteiger partial charge in [0.15, 0.2) is 11.5 Å². The smallest absolute Gasteiger partial charge is 0.293 e. The van der Waals surface area contributed by atoms with Crippen LogP contribution in [0.2, 0.25) is 0 Å². The lowest BCUT2D eigenvalue weighted by Gasteiger charge is -2.17. The summed E-state index contributed by atoms with van der Waals surface area (Å²) in [6, 6.07) is 10.6. The molecular formula is C18H16N2O5. The van der Waals surface area contributed by atoms with E-state index >= 15 is 0 Å². The van der Waals surface area contributed by atoms with Crippen LogP contribution in [0.15, 0.2) is 36.4 Å². The molecule has 0 spiro atoms. The maximum absolute atomic E-state index is 12.6. The highest BCUT2D eigenvalue weighted by Crippen LogP contribution is 2.37. The number of hydrogen-bond acceptors (Lipinski definition) is 5. The first-order valence-electron chi connectivity index (χ1n) is 8.08. The molecule has 0 N–H and O–H groups in total. The molecule has 1 amide bonds. The van der Waals surface area contributed by atoms with Gasteiger partial charge < -0.3 is 14.4 Å². The summed E-state index contributed by atoms with van der Waals surface area (Å²) in [5.41, 5.74) is 2.26. The maximum atomic E-state index is 12.6. The van der Waals surface area contributed by atoms with E-state index < -0.39 is 4.92 Å². The minimum Gasteiger partial charge on any atom is -0.454 e. The van der Waals surface area contributed by atoms with Crippen LogP contribution in [-0.2, 0) is 17.6 Å². The monoisotopic (exact) mass is 340 g/mol. The van der Waals surface area contributed by atoms with Crippen LogP contribution in [0.5, 0.6) is 11.5 Å². The molecule has 2 aromatic carbocycles. The molecule has 7 heteroatoms. The first-order valence-corrected chi connectivity index (χ1v) is 8.08. The van der Waals surface area contributed by atoms with Gasteiger partial charge in [0.1, 0.15) is 5.69 Å². The zero-order chi connectivity index (χ0) is 17.4. The van der Waals surface area contributed by atoms with Crippen LogP contribution in [0.3, 0.4) is 0 Å². The van der Waals surface area contributed by atoms with Gasteiger partial charge in [0.25, 0.3) is 5.69 Å². The van der Waals surface area contributed by atoms with Crippen LogP contribution < -0.4 is 14.4 Å². The Morgan fingerprint density at radius 3 is 2.88 bits per heavy atom. The van der Waals surface area contributed by atoms with Crippen molar-refractivity contribution in [3.8, 4) is 11.5 Å². The predicted molar refractivity (Wildman–Crippen MR) is 90.0 cm³/mol. The van der Waals surface area contributed by atoms with Crippen molar-refractivity contribution < 1.29 is 19.2 Å². The Kier molecular flexibility index (Phi) is 3.76. The molecule has 7 nitrogen and oxygen atoms in total. The third-order valence-corrected chi connectivity index (χ3v) is 4.54. The fourth-order valence-corrected chi connectivity index (χ4v) is 3.31. The summed E-state index contributed by atoms with van der Waals surface area (Å²) < 4.78 is 10.6. The topological polar surface area (TPSA) is 81.9 Å². The van der Waals surface area contributed by atoms with Gasteiger partial charge in [-0.2, -0.15) is 0 Å². The van der Waals surface area contributed by atoms with E-state index in [0.717, 1.165) is 11.1 Å². The van der Waals surface area contributed by atoms with Crippen molar-refractivity contribution >= 4 is 17.3 Å². The number of anilines is 1. The zero-order valence-electron chi connectivity index (χ0n) is 13.4. The molecule has 0 unspecified atom stereocenters. The number of aryl methyl sites for hydroxylation is 1. The first kappa shape index (κ1) is 15.4. The molecule has 2 aliphatic rings. The molecule has 0 atom stereocenters. The number of para-hydroxylation sites is 1. The van der Waals surface area contributed by atoms with E-state index in [0.29, 0.717) is 36.6 Å². The van der Waals surface area contributed by atoms with E-state index in [-0.39, 0.29) is 24.8 Å². The Bertz CT molecular complexity index is 865. The first-order chi connectivity index (χ1) is 12.1. The quantitative estimate of drug-likeness (QED) is 0.631. The van der Waals surface area contributed by atoms with E-state index in [4.69, 9.17) is 9.47 Å². The normalized spacial score (nSPS) is 14.5. The Balaban J connectivity index is 1.49. The van der Waals surface area contributed by atoms with Crippen molar-refractivity contribution in [2.24, 2.45) is 0 Å². The van der Waals surface area contributed by atoms with Gasteiger partial charge in [0.05, 0.1) is 4.92 Å². The van der Waals surface area contributed by atoms with Gasteiger partial charge in [-0.1, -0.05) is 18.2 Å². The minimum atomic E-state index is -0.428. The van der Waals surface area contributed by atoms with Crippen molar-refractivity contribution in [3.63, 3.8) is 0 Å². The SMILES string of the molecule is O=C(CCc1ccc2c(c1)OCO2)N1CCc2cccc([N+](=O)[O-])c21. The fourth-order valence-electron chi connectivity index (χ4n) is 3.31. The summed E-state index contributed by atoms with van der Waals surface area (Å²) in [5.74, 6) is 1.29. The highest BCUT2D eigenvalue weighted by molar-refractivity contribution is 5.98. The third-order valence-electron chi connectivity index (χ3n) is 4.54. The van der Waals surface area contributed by atoms with Gasteiger partial charge in [-0.05, 0) is 36.1 Å². The van der Waals surface area contributed by atoms with Crippen LogP contribution >= 0.6 is 0 Å². The van der Waals surface area contributed by atoms with Crippen molar-refractivity contribution in [3.05, 3.63) is 57.6 Å². The number of benzene rings is 2. The summed E-state index contributed by atoms with van der Waals surface area (Å²) >= 11 is 0. The third kappa shape index (κ3) is 2.77. The van der Waals surface area contributed by atoms with E-state index in [1.54, 1.807) is 11.0 Å². The summed E-state index contributed by atoms with van der Waals surface area (Å²) in [6.07, 6.45) is 1.47. The lowest BCUT2D eigenvalue weighted by atomic mass is 10.1. The summed E-state index contributed by atoms with van der Waals surface area (Å²) in [7, 11) is 0. The largest absolute Gasteiger partial charge is 0.454 e. The van der Waals surface area contributed by atoms with Gasteiger partial charge in [-0.3, -0.25) is 14.9 Å². The molecule has 2 aliphatic heterocycles. The number of amides is 1. The molecule has 0 fully saturated rings. The van der Waals surface area contributed by atoms with Gasteiger partial charge in [0, 0.05) is 19.0 Å². The zero-order valence-corrected chi connectivity index (χ0v) is 13.4. The van der Waals surface area contributed by atoms with Gasteiger partial charge in [-0.25, -0.2) is 0 Å². The van der Waals surface area contributed by atoms with Crippen molar-refractivity contribution in [1.82, 2.24) is 0 Å². The molecule has 0 aliphatic carbocycles. The van der Waals surface area contributed by atoms with Gasteiger partial charge >= 0.3 is 0 Å². The van der Waals surface area contributed by atoms with Gasteiger partial charge in [-0.15, -0.1) is 0 Å². The molecule has 2 aromatic rings. The number of nitro groups is 1. The maximum Gasteiger partial charge on any atom is 0.293 e. The Morgan fingerprint density at radius 1 is 1.20 bits per heavy atom. The Labute approximate surface area is 143 Å². The van der Waals surface area contributed by atoms with Crippen molar-refractivity contribution in [2.45, 2.75) is 19.3 Å².